The molecule has 4 nitrogen and oxygen atoms in total. The minimum atomic E-state index is 0.403. The largest absolute Gasteiger partial charge is 0.382 e. The summed E-state index contributed by atoms with van der Waals surface area (Å²) in [5.74, 6) is 0.406. The van der Waals surface area contributed by atoms with E-state index in [-0.39, 0.29) is 0 Å². The number of nitrogens with two attached hydrogens (primary N) is 1. The molecule has 1 aromatic carbocycles. The number of nitrogens with one attached hydrogen (secondary N) is 1. The monoisotopic (exact) mass is 286 g/mol. The Morgan fingerprint density at radius 1 is 1.29 bits per heavy atom. The Labute approximate surface area is 113 Å². The molecule has 0 saturated heterocycles. The highest BCUT2D eigenvalue weighted by Crippen LogP contribution is 2.25. The Balaban J connectivity index is 2.15. The lowest BCUT2D eigenvalue weighted by molar-refractivity contribution is 0.953. The van der Waals surface area contributed by atoms with Gasteiger partial charge in [0.2, 0.25) is 0 Å². The second-order valence-electron chi connectivity index (χ2n) is 3.24. The van der Waals surface area contributed by atoms with Gasteiger partial charge in [-0.2, -0.15) is 0 Å². The Kier molecular flexibility index (Phi) is 3.51. The zero-order valence-electron chi connectivity index (χ0n) is 8.52. The van der Waals surface area contributed by atoms with E-state index in [1.165, 1.54) is 4.68 Å². The van der Waals surface area contributed by atoms with Crippen LogP contribution in [0.25, 0.3) is 0 Å². The first kappa shape index (κ1) is 12.2. The van der Waals surface area contributed by atoms with Crippen LogP contribution in [-0.4, -0.2) is 14.9 Å². The van der Waals surface area contributed by atoms with Crippen molar-refractivity contribution in [2.45, 2.75) is 0 Å². The van der Waals surface area contributed by atoms with Gasteiger partial charge in [-0.25, -0.2) is 4.68 Å². The van der Waals surface area contributed by atoms with E-state index in [0.29, 0.717) is 21.0 Å². The van der Waals surface area contributed by atoms with Gasteiger partial charge in [-0.1, -0.05) is 23.2 Å². The van der Waals surface area contributed by atoms with Crippen molar-refractivity contribution >= 4 is 52.0 Å². The minimum absolute atomic E-state index is 0.403. The molecule has 0 aliphatic carbocycles. The predicted octanol–water partition coefficient (Wildman–Crippen LogP) is 3.02. The van der Waals surface area contributed by atoms with Gasteiger partial charge in [-0.3, -0.25) is 0 Å². The lowest BCUT2D eigenvalue weighted by Crippen LogP contribution is -2.19. The molecular weight excluding hydrogens is 279 g/mol. The number of thiocarbonyl (C=S) groups is 1. The minimum Gasteiger partial charge on any atom is -0.382 e. The highest BCUT2D eigenvalue weighted by Gasteiger charge is 2.04. The fraction of sp³-hybridized carbons (Fsp3) is 0. The maximum atomic E-state index is 5.89. The van der Waals surface area contributed by atoms with Gasteiger partial charge < -0.3 is 11.1 Å². The molecule has 88 valence electrons. The summed E-state index contributed by atoms with van der Waals surface area (Å²) in [5, 5.41) is 8.30. The maximum Gasteiger partial charge on any atom is 0.198 e. The summed E-state index contributed by atoms with van der Waals surface area (Å²) in [7, 11) is 0. The Morgan fingerprint density at radius 2 is 2.06 bits per heavy atom. The van der Waals surface area contributed by atoms with Gasteiger partial charge in [-0.05, 0) is 30.4 Å². The Morgan fingerprint density at radius 3 is 2.65 bits per heavy atom. The molecule has 0 bridgehead atoms. The molecular formula is C10H8Cl2N4S. The molecule has 7 heteroatoms. The number of nitrogen functional groups attached to an aromatic ring is 1. The number of hydrogen-bond acceptors (Lipinski definition) is 3. The highest BCUT2D eigenvalue weighted by atomic mass is 35.5. The van der Waals surface area contributed by atoms with Gasteiger partial charge in [0, 0.05) is 18.0 Å². The second-order valence-corrected chi connectivity index (χ2v) is 4.45. The highest BCUT2D eigenvalue weighted by molar-refractivity contribution is 7.80. The van der Waals surface area contributed by atoms with E-state index in [9.17, 15) is 0 Å². The number of halogens is 2. The number of hydrogen-bond donors (Lipinski definition) is 2. The smallest absolute Gasteiger partial charge is 0.198 e. The summed E-state index contributed by atoms with van der Waals surface area (Å²) < 4.78 is 1.47. The first-order chi connectivity index (χ1) is 8.06. The van der Waals surface area contributed by atoms with Crippen LogP contribution in [0, 0.1) is 0 Å². The van der Waals surface area contributed by atoms with Crippen LogP contribution in [0.3, 0.4) is 0 Å². The molecule has 17 heavy (non-hydrogen) atoms. The van der Waals surface area contributed by atoms with Gasteiger partial charge in [0.15, 0.2) is 5.11 Å². The molecule has 2 aromatic rings. The van der Waals surface area contributed by atoms with Crippen molar-refractivity contribution in [3.8, 4) is 0 Å². The number of benzene rings is 1. The van der Waals surface area contributed by atoms with Crippen molar-refractivity contribution < 1.29 is 0 Å². The average molecular weight is 287 g/mol. The summed E-state index contributed by atoms with van der Waals surface area (Å²) >= 11 is 16.9. The van der Waals surface area contributed by atoms with Crippen LogP contribution in [0.1, 0.15) is 0 Å². The fourth-order valence-corrected chi connectivity index (χ4v) is 1.72. The summed E-state index contributed by atoms with van der Waals surface area (Å²) in [6.07, 6.45) is 1.67. The predicted molar refractivity (Wildman–Crippen MR) is 74.7 cm³/mol. The average Bonchev–Trinajstić information content (AvgIpc) is 2.70. The molecule has 0 aliphatic heterocycles. The molecule has 1 heterocycles. The van der Waals surface area contributed by atoms with Crippen molar-refractivity contribution in [3.63, 3.8) is 0 Å². The lowest BCUT2D eigenvalue weighted by Gasteiger charge is -2.08. The van der Waals surface area contributed by atoms with Crippen LogP contribution in [-0.2, 0) is 0 Å². The molecule has 0 fully saturated rings. The summed E-state index contributed by atoms with van der Waals surface area (Å²) in [4.78, 5) is 0. The van der Waals surface area contributed by atoms with Crippen molar-refractivity contribution in [1.82, 2.24) is 9.78 Å². The van der Waals surface area contributed by atoms with Crippen LogP contribution >= 0.6 is 35.4 Å². The fourth-order valence-electron chi connectivity index (χ4n) is 1.21. The van der Waals surface area contributed by atoms with E-state index < -0.39 is 0 Å². The quantitative estimate of drug-likeness (QED) is 0.792. The van der Waals surface area contributed by atoms with Gasteiger partial charge in [0.1, 0.15) is 5.82 Å². The first-order valence-electron chi connectivity index (χ1n) is 4.64. The summed E-state index contributed by atoms with van der Waals surface area (Å²) in [6.45, 7) is 0. The Hall–Kier alpha value is -1.30. The number of rotatable bonds is 1. The van der Waals surface area contributed by atoms with E-state index in [0.717, 1.165) is 5.69 Å². The van der Waals surface area contributed by atoms with Crippen molar-refractivity contribution in [1.29, 1.82) is 0 Å². The summed E-state index contributed by atoms with van der Waals surface area (Å²) in [6, 6.07) is 6.80. The molecule has 3 N–H and O–H groups in total. The van der Waals surface area contributed by atoms with Gasteiger partial charge >= 0.3 is 0 Å². The molecule has 0 aliphatic rings. The molecule has 0 amide bonds. The molecule has 0 spiro atoms. The van der Waals surface area contributed by atoms with Crippen LogP contribution in [0.4, 0.5) is 11.5 Å². The summed E-state index contributed by atoms with van der Waals surface area (Å²) in [5.41, 5.74) is 6.23. The second kappa shape index (κ2) is 4.91. The van der Waals surface area contributed by atoms with Gasteiger partial charge in [-0.15, -0.1) is 5.10 Å². The third kappa shape index (κ3) is 2.88. The van der Waals surface area contributed by atoms with E-state index in [1.54, 1.807) is 30.5 Å². The standard InChI is InChI=1S/C10H8Cl2N4S/c11-7-2-1-6(5-8(7)12)14-10(17)16-4-3-9(13)15-16/h1-5H,(H2,13,15)(H,14,17). The van der Waals surface area contributed by atoms with Crippen molar-refractivity contribution in [2.75, 3.05) is 11.1 Å². The zero-order chi connectivity index (χ0) is 12.4. The topological polar surface area (TPSA) is 55.9 Å². The molecule has 0 saturated carbocycles. The van der Waals surface area contributed by atoms with E-state index >= 15 is 0 Å². The van der Waals surface area contributed by atoms with E-state index in [2.05, 4.69) is 10.4 Å². The third-order valence-corrected chi connectivity index (χ3v) is 3.02. The van der Waals surface area contributed by atoms with Crippen molar-refractivity contribution in [3.05, 3.63) is 40.5 Å². The third-order valence-electron chi connectivity index (χ3n) is 1.99. The zero-order valence-corrected chi connectivity index (χ0v) is 10.9. The van der Waals surface area contributed by atoms with E-state index in [1.807, 2.05) is 0 Å². The molecule has 0 unspecified atom stereocenters. The Bertz CT molecular complexity index is 567. The lowest BCUT2D eigenvalue weighted by atomic mass is 10.3. The number of aromatic nitrogens is 2. The van der Waals surface area contributed by atoms with Gasteiger partial charge in [0.05, 0.1) is 10.0 Å². The number of nitrogens with zero attached hydrogens (tertiary/aromatic N) is 2. The maximum absolute atomic E-state index is 5.89. The normalized spacial score (nSPS) is 10.2. The molecule has 0 radical (unpaired) electrons. The molecule has 1 aromatic heterocycles. The SMILES string of the molecule is Nc1ccn(C(=S)Nc2ccc(Cl)c(Cl)c2)n1. The molecule has 0 atom stereocenters. The van der Waals surface area contributed by atoms with Crippen LogP contribution in [0.2, 0.25) is 10.0 Å². The number of anilines is 2. The van der Waals surface area contributed by atoms with Crippen LogP contribution in [0.15, 0.2) is 30.5 Å². The van der Waals surface area contributed by atoms with Crippen LogP contribution < -0.4 is 11.1 Å². The van der Waals surface area contributed by atoms with Gasteiger partial charge in [0.25, 0.3) is 0 Å². The molecule has 2 rings (SSSR count). The first-order valence-corrected chi connectivity index (χ1v) is 5.80. The van der Waals surface area contributed by atoms with Crippen LogP contribution in [0.5, 0.6) is 0 Å². The van der Waals surface area contributed by atoms with Crippen molar-refractivity contribution in [2.24, 2.45) is 0 Å². The van der Waals surface area contributed by atoms with E-state index in [4.69, 9.17) is 41.2 Å².